The Morgan fingerprint density at radius 2 is 1.25 bits per heavy atom. The molecule has 0 aliphatic rings. The van der Waals surface area contributed by atoms with E-state index in [9.17, 15) is 4.79 Å². The van der Waals surface area contributed by atoms with Gasteiger partial charge in [0.1, 0.15) is 0 Å². The molecule has 0 aliphatic heterocycles. The molecule has 9 heteroatoms. The first-order valence-corrected chi connectivity index (χ1v) is 7.96. The number of hydrogen-bond donors (Lipinski definition) is 2. The van der Waals surface area contributed by atoms with Gasteiger partial charge in [0, 0.05) is 0 Å². The van der Waals surface area contributed by atoms with E-state index in [1.807, 2.05) is 0 Å². The summed E-state index contributed by atoms with van der Waals surface area (Å²) in [6.07, 6.45) is 0. The molecule has 0 radical (unpaired) electrons. The van der Waals surface area contributed by atoms with E-state index in [0.717, 1.165) is 0 Å². The monoisotopic (exact) mass is 446 g/mol. The zero-order valence-corrected chi connectivity index (χ0v) is 14.7. The predicted molar refractivity (Wildman–Crippen MR) is 85.8 cm³/mol. The molecular formula is C11H10Br2Cl2N2O3. The quantitative estimate of drug-likeness (QED) is 0.558. The average Bonchev–Trinajstić information content (AvgIpc) is 2.69. The van der Waals surface area contributed by atoms with Crippen LogP contribution < -0.4 is 5.69 Å². The number of rotatable bonds is 4. The molecule has 0 saturated heterocycles. The average molecular weight is 449 g/mol. The van der Waals surface area contributed by atoms with Crippen LogP contribution in [0.5, 0.6) is 0 Å². The third-order valence-electron chi connectivity index (χ3n) is 2.87. The van der Waals surface area contributed by atoms with Gasteiger partial charge >= 0.3 is 5.69 Å². The van der Waals surface area contributed by atoms with Crippen molar-refractivity contribution in [2.45, 2.75) is 13.1 Å². The van der Waals surface area contributed by atoms with E-state index in [1.165, 1.54) is 9.13 Å². The lowest BCUT2D eigenvalue weighted by Crippen LogP contribution is -2.26. The number of fused-ring (bicyclic) bond motifs is 1. The lowest BCUT2D eigenvalue weighted by molar-refractivity contribution is 0.268. The Kier molecular flexibility index (Phi) is 5.20. The summed E-state index contributed by atoms with van der Waals surface area (Å²) in [6, 6.07) is 0. The fourth-order valence-corrected chi connectivity index (χ4v) is 3.85. The van der Waals surface area contributed by atoms with Crippen molar-refractivity contribution in [2.75, 3.05) is 13.2 Å². The number of aromatic nitrogens is 2. The van der Waals surface area contributed by atoms with Crippen molar-refractivity contribution in [2.24, 2.45) is 0 Å². The van der Waals surface area contributed by atoms with Crippen molar-refractivity contribution >= 4 is 66.1 Å². The number of aliphatic hydroxyl groups is 2. The van der Waals surface area contributed by atoms with Crippen LogP contribution in [0.3, 0.4) is 0 Å². The Balaban J connectivity index is 3.00. The molecule has 1 heterocycles. The van der Waals surface area contributed by atoms with E-state index in [-0.39, 0.29) is 42.0 Å². The highest BCUT2D eigenvalue weighted by molar-refractivity contribution is 9.11. The van der Waals surface area contributed by atoms with E-state index >= 15 is 0 Å². The highest BCUT2D eigenvalue weighted by Gasteiger charge is 2.23. The van der Waals surface area contributed by atoms with Crippen molar-refractivity contribution in [3.8, 4) is 0 Å². The van der Waals surface area contributed by atoms with Crippen LogP contribution in [-0.2, 0) is 13.1 Å². The molecule has 5 nitrogen and oxygen atoms in total. The summed E-state index contributed by atoms with van der Waals surface area (Å²) < 4.78 is 3.73. The minimum absolute atomic E-state index is 0.122. The van der Waals surface area contributed by atoms with Gasteiger partial charge in [-0.15, -0.1) is 0 Å². The van der Waals surface area contributed by atoms with Crippen LogP contribution in [0.15, 0.2) is 13.7 Å². The summed E-state index contributed by atoms with van der Waals surface area (Å²) in [5, 5.41) is 18.8. The van der Waals surface area contributed by atoms with Crippen LogP contribution in [-0.4, -0.2) is 32.6 Å². The van der Waals surface area contributed by atoms with Gasteiger partial charge in [0.05, 0.1) is 56.3 Å². The molecule has 0 saturated carbocycles. The minimum Gasteiger partial charge on any atom is -0.395 e. The Morgan fingerprint density at radius 1 is 0.900 bits per heavy atom. The first-order chi connectivity index (χ1) is 9.45. The molecule has 2 rings (SSSR count). The van der Waals surface area contributed by atoms with Gasteiger partial charge in [-0.2, -0.15) is 0 Å². The summed E-state index contributed by atoms with van der Waals surface area (Å²) in [7, 11) is 0. The van der Waals surface area contributed by atoms with Crippen LogP contribution in [0.4, 0.5) is 0 Å². The van der Waals surface area contributed by atoms with Crippen LogP contribution in [0.1, 0.15) is 0 Å². The standard InChI is InChI=1S/C11H10Br2Cl2N2O3/c12-5-7(14)8(15)6(13)10-9(5)16(1-3-18)11(20)17(10)2-4-19/h18-19H,1-4H2. The van der Waals surface area contributed by atoms with E-state index in [4.69, 9.17) is 33.4 Å². The van der Waals surface area contributed by atoms with E-state index in [2.05, 4.69) is 31.9 Å². The fraction of sp³-hybridized carbons (Fsp3) is 0.364. The highest BCUT2D eigenvalue weighted by atomic mass is 79.9. The van der Waals surface area contributed by atoms with Gasteiger partial charge in [-0.25, -0.2) is 4.79 Å². The highest BCUT2D eigenvalue weighted by Crippen LogP contribution is 2.42. The van der Waals surface area contributed by atoms with Crippen LogP contribution in [0.2, 0.25) is 10.0 Å². The third kappa shape index (κ3) is 2.44. The number of benzene rings is 1. The maximum atomic E-state index is 12.4. The van der Waals surface area contributed by atoms with Gasteiger partial charge in [-0.3, -0.25) is 9.13 Å². The molecule has 1 aromatic carbocycles. The van der Waals surface area contributed by atoms with Gasteiger partial charge in [0.15, 0.2) is 0 Å². The Morgan fingerprint density at radius 3 is 1.55 bits per heavy atom. The molecule has 1 aromatic heterocycles. The number of nitrogens with zero attached hydrogens (tertiary/aromatic N) is 2. The summed E-state index contributed by atoms with van der Waals surface area (Å²) in [4.78, 5) is 12.4. The van der Waals surface area contributed by atoms with Crippen LogP contribution >= 0.6 is 55.1 Å². The molecular weight excluding hydrogens is 439 g/mol. The van der Waals surface area contributed by atoms with Crippen molar-refractivity contribution < 1.29 is 10.2 Å². The molecule has 2 aromatic rings. The molecule has 0 amide bonds. The smallest absolute Gasteiger partial charge is 0.329 e. The molecule has 2 N–H and O–H groups in total. The van der Waals surface area contributed by atoms with Crippen LogP contribution in [0, 0.1) is 0 Å². The maximum absolute atomic E-state index is 12.4. The van der Waals surface area contributed by atoms with Crippen molar-refractivity contribution in [3.05, 3.63) is 29.5 Å². The largest absolute Gasteiger partial charge is 0.395 e. The third-order valence-corrected chi connectivity index (χ3v) is 5.72. The van der Waals surface area contributed by atoms with Gasteiger partial charge in [0.25, 0.3) is 0 Å². The van der Waals surface area contributed by atoms with E-state index in [1.54, 1.807) is 0 Å². The fourth-order valence-electron chi connectivity index (χ4n) is 2.05. The summed E-state index contributed by atoms with van der Waals surface area (Å²) in [5.74, 6) is 0. The second-order valence-electron chi connectivity index (χ2n) is 3.99. The number of halogens is 4. The van der Waals surface area contributed by atoms with Gasteiger partial charge in [0.2, 0.25) is 0 Å². The summed E-state index contributed by atoms with van der Waals surface area (Å²) in [6.45, 7) is -0.140. The lowest BCUT2D eigenvalue weighted by atomic mass is 10.3. The normalized spacial score (nSPS) is 11.5. The molecule has 0 fully saturated rings. The first-order valence-electron chi connectivity index (χ1n) is 5.62. The number of aliphatic hydroxyl groups excluding tert-OH is 2. The number of imidazole rings is 1. The van der Waals surface area contributed by atoms with Crippen molar-refractivity contribution in [1.82, 2.24) is 9.13 Å². The Hall–Kier alpha value is -0.0500. The zero-order valence-electron chi connectivity index (χ0n) is 10.0. The molecule has 0 unspecified atom stereocenters. The minimum atomic E-state index is -0.345. The Labute approximate surface area is 141 Å². The van der Waals surface area contributed by atoms with Gasteiger partial charge in [-0.1, -0.05) is 23.2 Å². The molecule has 0 bridgehead atoms. The lowest BCUT2D eigenvalue weighted by Gasteiger charge is -2.08. The van der Waals surface area contributed by atoms with E-state index in [0.29, 0.717) is 20.0 Å². The first kappa shape index (κ1) is 16.3. The molecule has 0 spiro atoms. The van der Waals surface area contributed by atoms with Gasteiger partial charge in [-0.05, 0) is 31.9 Å². The second-order valence-corrected chi connectivity index (χ2v) is 6.33. The molecule has 0 aliphatic carbocycles. The maximum Gasteiger partial charge on any atom is 0.329 e. The number of hydrogen-bond acceptors (Lipinski definition) is 3. The zero-order chi connectivity index (χ0) is 15.0. The molecule has 110 valence electrons. The van der Waals surface area contributed by atoms with Gasteiger partial charge < -0.3 is 10.2 Å². The Bertz CT molecular complexity index is 669. The van der Waals surface area contributed by atoms with Crippen molar-refractivity contribution in [1.29, 1.82) is 0 Å². The topological polar surface area (TPSA) is 67.4 Å². The van der Waals surface area contributed by atoms with Crippen LogP contribution in [0.25, 0.3) is 11.0 Å². The summed E-state index contributed by atoms with van der Waals surface area (Å²) >= 11 is 18.9. The second kappa shape index (κ2) is 6.37. The van der Waals surface area contributed by atoms with E-state index < -0.39 is 0 Å². The summed E-state index contributed by atoms with van der Waals surface area (Å²) in [5.41, 5.74) is 0.709. The predicted octanol–water partition coefficient (Wildman–Crippen LogP) is 2.62. The molecule has 0 atom stereocenters. The molecule has 20 heavy (non-hydrogen) atoms. The SMILES string of the molecule is O=c1n(CCO)c2c(Br)c(Cl)c(Cl)c(Br)c2n1CCO. The van der Waals surface area contributed by atoms with Crippen molar-refractivity contribution in [3.63, 3.8) is 0 Å².